The van der Waals surface area contributed by atoms with Gasteiger partial charge in [0.2, 0.25) is 0 Å². The molecule has 0 aromatic carbocycles. The Hall–Kier alpha value is -0.240. The Morgan fingerprint density at radius 2 is 1.07 bits per heavy atom. The first kappa shape index (κ1) is 11.8. The highest BCUT2D eigenvalue weighted by molar-refractivity contribution is 4.56. The van der Waals surface area contributed by atoms with Crippen molar-refractivity contribution in [2.24, 2.45) is 11.5 Å². The Morgan fingerprint density at radius 1 is 0.786 bits per heavy atom. The number of hydroxylamine groups is 6. The molecule has 1 aliphatic rings. The molecule has 4 N–H and O–H groups in total. The summed E-state index contributed by atoms with van der Waals surface area (Å²) >= 11 is 0. The Bertz CT molecular complexity index is 160. The van der Waals surface area contributed by atoms with Crippen LogP contribution in [0.2, 0.25) is 0 Å². The molecule has 14 heavy (non-hydrogen) atoms. The molecule has 0 unspecified atom stereocenters. The molecule has 0 atom stereocenters. The standard InChI is InChI=1S/C8H20N4O2/c9-1-3-11(13)5-7-12(14,4-2-10)8-6-11/h1-10H2. The third-order valence-corrected chi connectivity index (χ3v) is 2.90. The normalized spacial score (nSPS) is 38.6. The zero-order valence-corrected chi connectivity index (χ0v) is 8.52. The summed E-state index contributed by atoms with van der Waals surface area (Å²) in [5.41, 5.74) is 10.7. The molecule has 1 fully saturated rings. The minimum atomic E-state index is -0.302. The van der Waals surface area contributed by atoms with Crippen molar-refractivity contribution < 1.29 is 9.29 Å². The molecular formula is C8H20N4O2. The van der Waals surface area contributed by atoms with Gasteiger partial charge in [-0.1, -0.05) is 0 Å². The van der Waals surface area contributed by atoms with Crippen LogP contribution in [0.3, 0.4) is 0 Å². The van der Waals surface area contributed by atoms with E-state index < -0.39 is 0 Å². The summed E-state index contributed by atoms with van der Waals surface area (Å²) in [7, 11) is 0. The van der Waals surface area contributed by atoms with Gasteiger partial charge in [0, 0.05) is 13.1 Å². The van der Waals surface area contributed by atoms with E-state index in [0.29, 0.717) is 52.4 Å². The number of hydrogen-bond acceptors (Lipinski definition) is 4. The van der Waals surface area contributed by atoms with E-state index in [0.717, 1.165) is 0 Å². The first-order chi connectivity index (χ1) is 6.54. The molecule has 1 saturated heterocycles. The SMILES string of the molecule is NCC[N+]1([O-])CC[N+]([O-])(CCN)CC1. The van der Waals surface area contributed by atoms with Crippen LogP contribution in [-0.4, -0.2) is 61.7 Å². The summed E-state index contributed by atoms with van der Waals surface area (Å²) < 4.78 is -0.605. The summed E-state index contributed by atoms with van der Waals surface area (Å²) in [6.07, 6.45) is 0. The highest BCUT2D eigenvalue weighted by Crippen LogP contribution is 2.16. The Balaban J connectivity index is 2.44. The van der Waals surface area contributed by atoms with Crippen LogP contribution >= 0.6 is 0 Å². The molecule has 1 heterocycles. The molecule has 0 spiro atoms. The van der Waals surface area contributed by atoms with Gasteiger partial charge in [0.15, 0.2) is 0 Å². The molecule has 0 radical (unpaired) electrons. The topological polar surface area (TPSA) is 98.2 Å². The van der Waals surface area contributed by atoms with Gasteiger partial charge < -0.3 is 31.2 Å². The second-order valence-electron chi connectivity index (χ2n) is 4.04. The van der Waals surface area contributed by atoms with Gasteiger partial charge in [-0.05, 0) is 0 Å². The summed E-state index contributed by atoms with van der Waals surface area (Å²) in [6.45, 7) is 3.12. The van der Waals surface area contributed by atoms with Gasteiger partial charge >= 0.3 is 0 Å². The maximum absolute atomic E-state index is 11.9. The lowest BCUT2D eigenvalue weighted by Crippen LogP contribution is -2.64. The van der Waals surface area contributed by atoms with Crippen LogP contribution in [0.1, 0.15) is 0 Å². The van der Waals surface area contributed by atoms with Crippen molar-refractivity contribution in [2.75, 3.05) is 52.4 Å². The van der Waals surface area contributed by atoms with Crippen molar-refractivity contribution in [3.05, 3.63) is 10.4 Å². The molecule has 6 nitrogen and oxygen atoms in total. The van der Waals surface area contributed by atoms with Crippen LogP contribution < -0.4 is 11.5 Å². The van der Waals surface area contributed by atoms with Crippen molar-refractivity contribution in [2.45, 2.75) is 0 Å². The fraction of sp³-hybridized carbons (Fsp3) is 1.00. The zero-order chi connectivity index (χ0) is 10.7. The predicted molar refractivity (Wildman–Crippen MR) is 54.6 cm³/mol. The van der Waals surface area contributed by atoms with E-state index in [4.69, 9.17) is 11.5 Å². The number of quaternary nitrogens is 2. The van der Waals surface area contributed by atoms with E-state index in [1.807, 2.05) is 0 Å². The summed E-state index contributed by atoms with van der Waals surface area (Å²) in [4.78, 5) is 0. The van der Waals surface area contributed by atoms with Gasteiger partial charge in [0.25, 0.3) is 0 Å². The Kier molecular flexibility index (Phi) is 3.82. The monoisotopic (exact) mass is 204 g/mol. The van der Waals surface area contributed by atoms with Crippen LogP contribution in [-0.2, 0) is 0 Å². The largest absolute Gasteiger partial charge is 0.632 e. The first-order valence-electron chi connectivity index (χ1n) is 5.08. The van der Waals surface area contributed by atoms with Crippen LogP contribution in [0.4, 0.5) is 0 Å². The lowest BCUT2D eigenvalue weighted by molar-refractivity contribution is -0.988. The summed E-state index contributed by atoms with van der Waals surface area (Å²) in [6, 6.07) is 0. The van der Waals surface area contributed by atoms with Crippen LogP contribution in [0.25, 0.3) is 0 Å². The van der Waals surface area contributed by atoms with E-state index >= 15 is 0 Å². The molecule has 0 aromatic rings. The van der Waals surface area contributed by atoms with Crippen molar-refractivity contribution >= 4 is 0 Å². The summed E-state index contributed by atoms with van der Waals surface area (Å²) in [5, 5.41) is 23.8. The van der Waals surface area contributed by atoms with Crippen molar-refractivity contribution in [1.29, 1.82) is 0 Å². The molecule has 0 saturated carbocycles. The first-order valence-corrected chi connectivity index (χ1v) is 5.08. The minimum Gasteiger partial charge on any atom is -0.632 e. The average Bonchev–Trinajstić information content (AvgIpc) is 2.13. The van der Waals surface area contributed by atoms with Gasteiger partial charge in [-0.25, -0.2) is 0 Å². The van der Waals surface area contributed by atoms with Gasteiger partial charge in [0.05, 0.1) is 13.1 Å². The Labute approximate surface area is 84.4 Å². The quantitative estimate of drug-likeness (QED) is 0.432. The molecule has 0 amide bonds. The predicted octanol–water partition coefficient (Wildman–Crippen LogP) is -1.45. The molecule has 0 bridgehead atoms. The Morgan fingerprint density at radius 3 is 1.29 bits per heavy atom. The van der Waals surface area contributed by atoms with Gasteiger partial charge in [-0.3, -0.25) is 0 Å². The van der Waals surface area contributed by atoms with E-state index in [9.17, 15) is 10.4 Å². The molecule has 0 aliphatic carbocycles. The van der Waals surface area contributed by atoms with Crippen molar-refractivity contribution in [1.82, 2.24) is 0 Å². The zero-order valence-electron chi connectivity index (χ0n) is 8.52. The minimum absolute atomic E-state index is 0.302. The average molecular weight is 204 g/mol. The molecule has 1 aliphatic heterocycles. The maximum atomic E-state index is 11.9. The third-order valence-electron chi connectivity index (χ3n) is 2.90. The second kappa shape index (κ2) is 4.52. The second-order valence-corrected chi connectivity index (χ2v) is 4.04. The van der Waals surface area contributed by atoms with E-state index in [2.05, 4.69) is 0 Å². The number of nitrogens with two attached hydrogens (primary N) is 2. The van der Waals surface area contributed by atoms with Crippen molar-refractivity contribution in [3.63, 3.8) is 0 Å². The fourth-order valence-electron chi connectivity index (χ4n) is 1.87. The number of rotatable bonds is 4. The van der Waals surface area contributed by atoms with Crippen LogP contribution in [0.5, 0.6) is 0 Å². The highest BCUT2D eigenvalue weighted by atomic mass is 16.6. The van der Waals surface area contributed by atoms with E-state index in [1.54, 1.807) is 0 Å². The number of nitrogens with zero attached hydrogens (tertiary/aromatic N) is 2. The molecule has 0 aromatic heterocycles. The third kappa shape index (κ3) is 2.88. The lowest BCUT2D eigenvalue weighted by atomic mass is 10.3. The molecule has 1 rings (SSSR count). The van der Waals surface area contributed by atoms with Crippen molar-refractivity contribution in [3.8, 4) is 0 Å². The molecule has 6 heteroatoms. The number of piperazine rings is 1. The van der Waals surface area contributed by atoms with E-state index in [1.165, 1.54) is 0 Å². The van der Waals surface area contributed by atoms with Gasteiger partial charge in [-0.2, -0.15) is 0 Å². The van der Waals surface area contributed by atoms with Gasteiger partial charge in [0.1, 0.15) is 26.2 Å². The smallest absolute Gasteiger partial charge is 0.129 e. The van der Waals surface area contributed by atoms with Crippen LogP contribution in [0, 0.1) is 10.4 Å². The highest BCUT2D eigenvalue weighted by Gasteiger charge is 2.31. The number of hydrogen-bond donors (Lipinski definition) is 2. The molecule has 84 valence electrons. The van der Waals surface area contributed by atoms with E-state index in [-0.39, 0.29) is 9.29 Å². The maximum Gasteiger partial charge on any atom is 0.129 e. The van der Waals surface area contributed by atoms with Gasteiger partial charge in [-0.15, -0.1) is 0 Å². The van der Waals surface area contributed by atoms with Crippen LogP contribution in [0.15, 0.2) is 0 Å². The summed E-state index contributed by atoms with van der Waals surface area (Å²) in [5.74, 6) is 0. The fourth-order valence-corrected chi connectivity index (χ4v) is 1.87. The molecular weight excluding hydrogens is 184 g/mol. The lowest BCUT2D eigenvalue weighted by Gasteiger charge is -2.54.